The molecule has 0 aliphatic rings. The molecule has 1 amide bonds. The van der Waals surface area contributed by atoms with E-state index in [-0.39, 0.29) is 5.91 Å². The van der Waals surface area contributed by atoms with Gasteiger partial charge in [-0.05, 0) is 29.7 Å². The van der Waals surface area contributed by atoms with Crippen molar-refractivity contribution >= 4 is 44.5 Å². The Morgan fingerprint density at radius 2 is 1.86 bits per heavy atom. The standard InChI is InChI=1S/C21H20N4OS2/c1-3-19-24-25-21(28-19)23-18(26)12-17-13(2)22-20(27-17)11-15-9-6-8-14-7-4-5-10-16(14)15/h4-10H,3,11-12H2,1-2H3,(H,23,25,26). The number of fused-ring (bicyclic) bond motifs is 1. The van der Waals surface area contributed by atoms with Gasteiger partial charge in [-0.25, -0.2) is 4.98 Å². The summed E-state index contributed by atoms with van der Waals surface area (Å²) in [5, 5.41) is 15.9. The van der Waals surface area contributed by atoms with Crippen LogP contribution in [0.15, 0.2) is 42.5 Å². The molecule has 0 atom stereocenters. The van der Waals surface area contributed by atoms with E-state index in [1.54, 1.807) is 11.3 Å². The van der Waals surface area contributed by atoms with E-state index >= 15 is 0 Å². The highest BCUT2D eigenvalue weighted by atomic mass is 32.1. The molecule has 0 aliphatic heterocycles. The van der Waals surface area contributed by atoms with Gasteiger partial charge in [0.05, 0.1) is 17.1 Å². The molecule has 7 heteroatoms. The minimum absolute atomic E-state index is 0.0812. The van der Waals surface area contributed by atoms with Crippen LogP contribution in [0.5, 0.6) is 0 Å². The molecule has 4 rings (SSSR count). The highest BCUT2D eigenvalue weighted by molar-refractivity contribution is 7.15. The van der Waals surface area contributed by atoms with Gasteiger partial charge in [0.15, 0.2) is 0 Å². The average Bonchev–Trinajstić information content (AvgIpc) is 3.28. The molecular weight excluding hydrogens is 388 g/mol. The van der Waals surface area contributed by atoms with Crippen LogP contribution in [0.4, 0.5) is 5.13 Å². The van der Waals surface area contributed by atoms with Gasteiger partial charge >= 0.3 is 0 Å². The number of rotatable bonds is 6. The lowest BCUT2D eigenvalue weighted by molar-refractivity contribution is -0.115. The maximum atomic E-state index is 12.4. The number of nitrogens with zero attached hydrogens (tertiary/aromatic N) is 3. The molecule has 4 aromatic rings. The quantitative estimate of drug-likeness (QED) is 0.498. The Bertz CT molecular complexity index is 1130. The van der Waals surface area contributed by atoms with Crippen molar-refractivity contribution in [1.82, 2.24) is 15.2 Å². The third kappa shape index (κ3) is 4.10. The SMILES string of the molecule is CCc1nnc(NC(=O)Cc2sc(Cc3cccc4ccccc34)nc2C)s1. The zero-order valence-corrected chi connectivity index (χ0v) is 17.4. The van der Waals surface area contributed by atoms with Crippen molar-refractivity contribution in [2.45, 2.75) is 33.1 Å². The molecule has 0 fully saturated rings. The second-order valence-electron chi connectivity index (χ2n) is 6.51. The van der Waals surface area contributed by atoms with E-state index in [2.05, 4.69) is 58.0 Å². The number of carbonyl (C=O) groups excluding carboxylic acids is 1. The molecule has 0 unspecified atom stereocenters. The van der Waals surface area contributed by atoms with E-state index in [4.69, 9.17) is 4.98 Å². The van der Waals surface area contributed by atoms with Crippen LogP contribution >= 0.6 is 22.7 Å². The molecule has 0 spiro atoms. The van der Waals surface area contributed by atoms with E-state index in [1.807, 2.05) is 13.8 Å². The van der Waals surface area contributed by atoms with Crippen molar-refractivity contribution in [3.8, 4) is 0 Å². The van der Waals surface area contributed by atoms with Crippen molar-refractivity contribution in [1.29, 1.82) is 0 Å². The number of aromatic nitrogens is 3. The minimum Gasteiger partial charge on any atom is -0.300 e. The number of thiazole rings is 1. The predicted molar refractivity (Wildman–Crippen MR) is 115 cm³/mol. The Kier molecular flexibility index (Phi) is 5.45. The van der Waals surface area contributed by atoms with Crippen molar-refractivity contribution < 1.29 is 4.79 Å². The summed E-state index contributed by atoms with van der Waals surface area (Å²) in [5.74, 6) is -0.0812. The fourth-order valence-electron chi connectivity index (χ4n) is 3.09. The predicted octanol–water partition coefficient (Wildman–Crippen LogP) is 4.79. The fourth-order valence-corrected chi connectivity index (χ4v) is 4.88. The third-order valence-corrected chi connectivity index (χ3v) is 6.64. The van der Waals surface area contributed by atoms with Crippen molar-refractivity contribution in [2.75, 3.05) is 5.32 Å². The molecule has 142 valence electrons. The number of nitrogens with one attached hydrogen (secondary N) is 1. The molecule has 28 heavy (non-hydrogen) atoms. The maximum absolute atomic E-state index is 12.4. The molecule has 2 aromatic heterocycles. The third-order valence-electron chi connectivity index (χ3n) is 4.50. The fraction of sp³-hybridized carbons (Fsp3) is 0.238. The summed E-state index contributed by atoms with van der Waals surface area (Å²) in [6.45, 7) is 3.98. The van der Waals surface area contributed by atoms with Gasteiger partial charge in [0.1, 0.15) is 5.01 Å². The van der Waals surface area contributed by atoms with Crippen LogP contribution in [0, 0.1) is 6.92 Å². The first-order valence-electron chi connectivity index (χ1n) is 9.16. The summed E-state index contributed by atoms with van der Waals surface area (Å²) < 4.78 is 0. The van der Waals surface area contributed by atoms with Crippen molar-refractivity contribution in [3.63, 3.8) is 0 Å². The minimum atomic E-state index is -0.0812. The highest BCUT2D eigenvalue weighted by Crippen LogP contribution is 2.26. The molecule has 0 saturated heterocycles. The van der Waals surface area contributed by atoms with E-state index in [1.165, 1.54) is 27.7 Å². The largest absolute Gasteiger partial charge is 0.300 e. The second kappa shape index (κ2) is 8.16. The first-order chi connectivity index (χ1) is 13.6. The Hall–Kier alpha value is -2.64. The summed E-state index contributed by atoms with van der Waals surface area (Å²) in [6.07, 6.45) is 1.89. The number of anilines is 1. The monoisotopic (exact) mass is 408 g/mol. The molecule has 2 heterocycles. The van der Waals surface area contributed by atoms with Crippen LogP contribution in [-0.2, 0) is 24.1 Å². The lowest BCUT2D eigenvalue weighted by Crippen LogP contribution is -2.14. The number of amides is 1. The number of hydrogen-bond acceptors (Lipinski definition) is 6. The van der Waals surface area contributed by atoms with E-state index < -0.39 is 0 Å². The van der Waals surface area contributed by atoms with Gasteiger partial charge in [-0.1, -0.05) is 60.7 Å². The van der Waals surface area contributed by atoms with Gasteiger partial charge in [-0.15, -0.1) is 21.5 Å². The van der Waals surface area contributed by atoms with Crippen molar-refractivity contribution in [2.24, 2.45) is 0 Å². The van der Waals surface area contributed by atoms with Crippen LogP contribution in [-0.4, -0.2) is 21.1 Å². The Morgan fingerprint density at radius 3 is 2.68 bits per heavy atom. The summed E-state index contributed by atoms with van der Waals surface area (Å²) in [4.78, 5) is 18.1. The van der Waals surface area contributed by atoms with Gasteiger partial charge in [0.2, 0.25) is 11.0 Å². The first-order valence-corrected chi connectivity index (χ1v) is 10.8. The van der Waals surface area contributed by atoms with Crippen LogP contribution in [0.1, 0.15) is 33.1 Å². The molecule has 0 radical (unpaired) electrons. The lowest BCUT2D eigenvalue weighted by Gasteiger charge is -2.04. The molecular formula is C21H20N4OS2. The van der Waals surface area contributed by atoms with Gasteiger partial charge in [0, 0.05) is 11.3 Å². The Balaban J connectivity index is 1.48. The highest BCUT2D eigenvalue weighted by Gasteiger charge is 2.14. The van der Waals surface area contributed by atoms with Crippen LogP contribution in [0.3, 0.4) is 0 Å². The van der Waals surface area contributed by atoms with E-state index in [0.29, 0.717) is 11.6 Å². The zero-order chi connectivity index (χ0) is 19.5. The molecule has 0 bridgehead atoms. The van der Waals surface area contributed by atoms with Crippen LogP contribution < -0.4 is 5.32 Å². The molecule has 0 saturated carbocycles. The number of carbonyl (C=O) groups is 1. The lowest BCUT2D eigenvalue weighted by atomic mass is 10.0. The Labute approximate surface area is 171 Å². The number of aryl methyl sites for hydroxylation is 2. The van der Waals surface area contributed by atoms with E-state index in [9.17, 15) is 4.79 Å². The smallest absolute Gasteiger partial charge is 0.231 e. The average molecular weight is 409 g/mol. The first kappa shape index (κ1) is 18.7. The van der Waals surface area contributed by atoms with Gasteiger partial charge in [-0.2, -0.15) is 0 Å². The number of hydrogen-bond donors (Lipinski definition) is 1. The topological polar surface area (TPSA) is 67.8 Å². The normalized spacial score (nSPS) is 11.1. The molecule has 2 aromatic carbocycles. The summed E-state index contributed by atoms with van der Waals surface area (Å²) in [6, 6.07) is 14.7. The Morgan fingerprint density at radius 1 is 1.04 bits per heavy atom. The van der Waals surface area contributed by atoms with E-state index in [0.717, 1.165) is 33.4 Å². The van der Waals surface area contributed by atoms with Crippen molar-refractivity contribution in [3.05, 3.63) is 68.6 Å². The van der Waals surface area contributed by atoms with Crippen LogP contribution in [0.25, 0.3) is 10.8 Å². The summed E-state index contributed by atoms with van der Waals surface area (Å²) in [5.41, 5.74) is 2.17. The maximum Gasteiger partial charge on any atom is 0.231 e. The van der Waals surface area contributed by atoms with Gasteiger partial charge in [-0.3, -0.25) is 4.79 Å². The summed E-state index contributed by atoms with van der Waals surface area (Å²) >= 11 is 3.02. The van der Waals surface area contributed by atoms with Crippen LogP contribution in [0.2, 0.25) is 0 Å². The molecule has 1 N–H and O–H groups in total. The number of benzene rings is 2. The van der Waals surface area contributed by atoms with Gasteiger partial charge < -0.3 is 5.32 Å². The molecule has 5 nitrogen and oxygen atoms in total. The van der Waals surface area contributed by atoms with Gasteiger partial charge in [0.25, 0.3) is 0 Å². The second-order valence-corrected chi connectivity index (χ2v) is 8.74. The molecule has 0 aliphatic carbocycles. The summed E-state index contributed by atoms with van der Waals surface area (Å²) in [7, 11) is 0. The zero-order valence-electron chi connectivity index (χ0n) is 15.7.